The maximum atomic E-state index is 11.2. The maximum absolute atomic E-state index is 11.2. The first-order chi connectivity index (χ1) is 7.56. The topological polar surface area (TPSA) is 86.6 Å². The van der Waals surface area contributed by atoms with Crippen LogP contribution < -0.4 is 5.32 Å². The molecule has 1 aliphatic heterocycles. The number of carbonyl (C=O) groups excluding carboxylic acids is 2. The summed E-state index contributed by atoms with van der Waals surface area (Å²) in [6.07, 6.45) is 0.135. The van der Waals surface area contributed by atoms with Gasteiger partial charge in [-0.25, -0.2) is 0 Å². The van der Waals surface area contributed by atoms with Crippen molar-refractivity contribution >= 4 is 11.7 Å². The highest BCUT2D eigenvalue weighted by atomic mass is 16.3. The fourth-order valence-electron chi connectivity index (χ4n) is 1.73. The molecule has 5 nitrogen and oxygen atoms in total. The molecule has 0 spiro atoms. The highest BCUT2D eigenvalue weighted by Crippen LogP contribution is 2.30. The lowest BCUT2D eigenvalue weighted by molar-refractivity contribution is -0.132. The van der Waals surface area contributed by atoms with Crippen LogP contribution in [0.25, 0.3) is 0 Å². The minimum Gasteiger partial charge on any atom is -0.504 e. The molecule has 84 valence electrons. The molecule has 2 rings (SSSR count). The fraction of sp³-hybridized carbons (Fsp3) is 0.273. The molecule has 1 unspecified atom stereocenters. The molecule has 0 aliphatic carbocycles. The van der Waals surface area contributed by atoms with E-state index in [-0.39, 0.29) is 36.0 Å². The lowest BCUT2D eigenvalue weighted by atomic mass is 9.96. The summed E-state index contributed by atoms with van der Waals surface area (Å²) in [6, 6.07) is 3.83. The van der Waals surface area contributed by atoms with Crippen molar-refractivity contribution in [3.63, 3.8) is 0 Å². The van der Waals surface area contributed by atoms with E-state index in [4.69, 9.17) is 5.11 Å². The Labute approximate surface area is 91.7 Å². The third kappa shape index (κ3) is 1.98. The maximum Gasteiger partial charge on any atom is 0.227 e. The Morgan fingerprint density at radius 1 is 1.19 bits per heavy atom. The van der Waals surface area contributed by atoms with Crippen LogP contribution in [-0.2, 0) is 9.59 Å². The van der Waals surface area contributed by atoms with Gasteiger partial charge in [-0.2, -0.15) is 0 Å². The number of phenolic OH excluding ortho intramolecular Hbond substituents is 2. The number of phenols is 2. The van der Waals surface area contributed by atoms with Gasteiger partial charge in [-0.05, 0) is 17.7 Å². The van der Waals surface area contributed by atoms with Gasteiger partial charge in [0.05, 0.1) is 12.5 Å². The summed E-state index contributed by atoms with van der Waals surface area (Å²) in [7, 11) is 0. The average Bonchev–Trinajstić information content (AvgIpc) is 2.20. The Morgan fingerprint density at radius 3 is 2.56 bits per heavy atom. The van der Waals surface area contributed by atoms with E-state index in [1.54, 1.807) is 6.07 Å². The first-order valence-corrected chi connectivity index (χ1v) is 4.89. The van der Waals surface area contributed by atoms with Gasteiger partial charge in [0.25, 0.3) is 0 Å². The van der Waals surface area contributed by atoms with Crippen molar-refractivity contribution in [3.8, 4) is 11.5 Å². The number of carbonyl (C=O) groups is 2. The summed E-state index contributed by atoms with van der Waals surface area (Å²) < 4.78 is 0. The van der Waals surface area contributed by atoms with E-state index in [9.17, 15) is 14.7 Å². The van der Waals surface area contributed by atoms with Gasteiger partial charge in [-0.1, -0.05) is 6.07 Å². The molecular weight excluding hydrogens is 210 g/mol. The summed E-state index contributed by atoms with van der Waals surface area (Å²) in [5.41, 5.74) is 0.608. The van der Waals surface area contributed by atoms with Crippen LogP contribution in [0.1, 0.15) is 24.4 Å². The van der Waals surface area contributed by atoms with Gasteiger partial charge in [0, 0.05) is 6.42 Å². The monoisotopic (exact) mass is 221 g/mol. The average molecular weight is 221 g/mol. The number of hydrogen-bond acceptors (Lipinski definition) is 4. The SMILES string of the molecule is O=C1CC(=O)NC(c2ccc(O)c(O)c2)C1. The van der Waals surface area contributed by atoms with Crippen molar-refractivity contribution in [2.24, 2.45) is 0 Å². The number of hydrogen-bond donors (Lipinski definition) is 3. The number of piperidine rings is 1. The normalized spacial score (nSPS) is 20.6. The lowest BCUT2D eigenvalue weighted by Crippen LogP contribution is -2.36. The first kappa shape index (κ1) is 10.5. The number of amides is 1. The van der Waals surface area contributed by atoms with Crippen LogP contribution in [0.15, 0.2) is 18.2 Å². The molecule has 1 amide bonds. The molecule has 1 fully saturated rings. The molecule has 0 radical (unpaired) electrons. The summed E-state index contributed by atoms with van der Waals surface area (Å²) >= 11 is 0. The predicted molar refractivity (Wildman–Crippen MR) is 54.9 cm³/mol. The Bertz CT molecular complexity index is 439. The van der Waals surface area contributed by atoms with Crippen LogP contribution in [0.5, 0.6) is 11.5 Å². The van der Waals surface area contributed by atoms with Crippen molar-refractivity contribution in [1.29, 1.82) is 0 Å². The molecule has 1 saturated heterocycles. The minimum atomic E-state index is -0.416. The van der Waals surface area contributed by atoms with Gasteiger partial charge < -0.3 is 15.5 Å². The number of nitrogens with one attached hydrogen (secondary N) is 1. The second kappa shape index (κ2) is 3.84. The Hall–Kier alpha value is -2.04. The molecule has 0 bridgehead atoms. The van der Waals surface area contributed by atoms with Gasteiger partial charge in [-0.3, -0.25) is 9.59 Å². The van der Waals surface area contributed by atoms with E-state index in [0.29, 0.717) is 5.56 Å². The van der Waals surface area contributed by atoms with Crippen molar-refractivity contribution < 1.29 is 19.8 Å². The predicted octanol–water partition coefficient (Wildman–Crippen LogP) is 0.618. The molecule has 1 heterocycles. The molecule has 0 aromatic heterocycles. The zero-order valence-corrected chi connectivity index (χ0v) is 8.43. The van der Waals surface area contributed by atoms with Gasteiger partial charge in [0.1, 0.15) is 5.78 Å². The summed E-state index contributed by atoms with van der Waals surface area (Å²) in [5, 5.41) is 21.1. The van der Waals surface area contributed by atoms with E-state index in [0.717, 1.165) is 0 Å². The van der Waals surface area contributed by atoms with E-state index in [1.807, 2.05) is 0 Å². The van der Waals surface area contributed by atoms with Crippen molar-refractivity contribution in [2.45, 2.75) is 18.9 Å². The Balaban J connectivity index is 2.26. The molecule has 1 aromatic carbocycles. The lowest BCUT2D eigenvalue weighted by Gasteiger charge is -2.22. The highest BCUT2D eigenvalue weighted by molar-refractivity contribution is 6.00. The number of benzene rings is 1. The van der Waals surface area contributed by atoms with Gasteiger partial charge in [0.15, 0.2) is 11.5 Å². The smallest absolute Gasteiger partial charge is 0.227 e. The van der Waals surface area contributed by atoms with Crippen molar-refractivity contribution in [1.82, 2.24) is 5.32 Å². The summed E-state index contributed by atoms with van der Waals surface area (Å²) in [4.78, 5) is 22.4. The van der Waals surface area contributed by atoms with Crippen molar-refractivity contribution in [2.75, 3.05) is 0 Å². The number of ketones is 1. The van der Waals surface area contributed by atoms with E-state index < -0.39 is 6.04 Å². The van der Waals surface area contributed by atoms with E-state index in [1.165, 1.54) is 12.1 Å². The zero-order valence-electron chi connectivity index (χ0n) is 8.43. The molecule has 5 heteroatoms. The zero-order chi connectivity index (χ0) is 11.7. The van der Waals surface area contributed by atoms with Crippen LogP contribution >= 0.6 is 0 Å². The van der Waals surface area contributed by atoms with Crippen LogP contribution in [0.4, 0.5) is 0 Å². The molecule has 3 N–H and O–H groups in total. The second-order valence-electron chi connectivity index (χ2n) is 3.79. The number of aromatic hydroxyl groups is 2. The molecular formula is C11H11NO4. The number of rotatable bonds is 1. The van der Waals surface area contributed by atoms with Gasteiger partial charge >= 0.3 is 0 Å². The molecule has 16 heavy (non-hydrogen) atoms. The third-order valence-electron chi connectivity index (χ3n) is 2.53. The molecule has 1 aliphatic rings. The first-order valence-electron chi connectivity index (χ1n) is 4.89. The molecule has 0 saturated carbocycles. The molecule has 1 aromatic rings. The molecule has 1 atom stereocenters. The van der Waals surface area contributed by atoms with Crippen LogP contribution in [-0.4, -0.2) is 21.9 Å². The second-order valence-corrected chi connectivity index (χ2v) is 3.79. The quantitative estimate of drug-likeness (QED) is 0.479. The van der Waals surface area contributed by atoms with Crippen LogP contribution in [0.3, 0.4) is 0 Å². The van der Waals surface area contributed by atoms with Crippen LogP contribution in [0, 0.1) is 0 Å². The largest absolute Gasteiger partial charge is 0.504 e. The van der Waals surface area contributed by atoms with E-state index in [2.05, 4.69) is 5.32 Å². The van der Waals surface area contributed by atoms with Crippen LogP contribution in [0.2, 0.25) is 0 Å². The van der Waals surface area contributed by atoms with E-state index >= 15 is 0 Å². The highest BCUT2D eigenvalue weighted by Gasteiger charge is 2.25. The van der Waals surface area contributed by atoms with Gasteiger partial charge in [0.2, 0.25) is 5.91 Å². The minimum absolute atomic E-state index is 0.0828. The third-order valence-corrected chi connectivity index (χ3v) is 2.53. The van der Waals surface area contributed by atoms with Crippen molar-refractivity contribution in [3.05, 3.63) is 23.8 Å². The number of Topliss-reactive ketones (excluding diaryl/α,β-unsaturated/α-hetero) is 1. The Morgan fingerprint density at radius 2 is 1.94 bits per heavy atom. The van der Waals surface area contributed by atoms with Gasteiger partial charge in [-0.15, -0.1) is 0 Å². The standard InChI is InChI=1S/C11H11NO4/c13-7-4-8(12-11(16)5-7)6-1-2-9(14)10(15)3-6/h1-3,8,14-15H,4-5H2,(H,12,16). The summed E-state index contributed by atoms with van der Waals surface area (Å²) in [5.74, 6) is -0.919. The fourth-order valence-corrected chi connectivity index (χ4v) is 1.73. The Kier molecular flexibility index (Phi) is 2.52. The summed E-state index contributed by atoms with van der Waals surface area (Å²) in [6.45, 7) is 0.